The molecule has 3 nitrogen and oxygen atoms in total. The van der Waals surface area contributed by atoms with Crippen molar-refractivity contribution in [1.82, 2.24) is 0 Å². The summed E-state index contributed by atoms with van der Waals surface area (Å²) in [7, 11) is 0.452. The molecular formula is C14H14ClNO2S. The van der Waals surface area contributed by atoms with Crippen molar-refractivity contribution in [2.24, 2.45) is 0 Å². The van der Waals surface area contributed by atoms with Crippen LogP contribution in [0.2, 0.25) is 5.02 Å². The van der Waals surface area contributed by atoms with Crippen molar-refractivity contribution >= 4 is 28.1 Å². The first-order valence-corrected chi connectivity index (χ1v) is 7.36. The van der Waals surface area contributed by atoms with E-state index in [2.05, 4.69) is 0 Å². The number of ether oxygens (including phenoxy) is 1. The van der Waals surface area contributed by atoms with E-state index >= 15 is 0 Å². The monoisotopic (exact) mass is 295 g/mol. The molecule has 0 aliphatic rings. The highest BCUT2D eigenvalue weighted by Gasteiger charge is 2.07. The number of hydrogen-bond donors (Lipinski definition) is 1. The van der Waals surface area contributed by atoms with Gasteiger partial charge in [-0.2, -0.15) is 0 Å². The van der Waals surface area contributed by atoms with Crippen LogP contribution in [0.4, 0.5) is 5.69 Å². The average molecular weight is 296 g/mol. The molecule has 0 aliphatic heterocycles. The maximum absolute atomic E-state index is 12.2. The highest BCUT2D eigenvalue weighted by atomic mass is 35.5. The van der Waals surface area contributed by atoms with Crippen LogP contribution in [0.15, 0.2) is 47.4 Å². The van der Waals surface area contributed by atoms with Crippen molar-refractivity contribution in [1.29, 1.82) is 0 Å². The molecule has 2 rings (SSSR count). The van der Waals surface area contributed by atoms with Crippen LogP contribution >= 0.6 is 11.6 Å². The molecule has 0 heterocycles. The van der Waals surface area contributed by atoms with E-state index < -0.39 is 10.8 Å². The molecule has 2 N–H and O–H groups in total. The van der Waals surface area contributed by atoms with Gasteiger partial charge in [-0.3, -0.25) is 4.21 Å². The number of anilines is 1. The Balaban J connectivity index is 2.14. The van der Waals surface area contributed by atoms with Crippen LogP contribution in [-0.4, -0.2) is 11.3 Å². The lowest BCUT2D eigenvalue weighted by Gasteiger charge is -2.07. The van der Waals surface area contributed by atoms with Crippen molar-refractivity contribution in [3.05, 3.63) is 53.1 Å². The number of halogens is 1. The fraction of sp³-hybridized carbons (Fsp3) is 0.143. The second-order valence-electron chi connectivity index (χ2n) is 4.02. The average Bonchev–Trinajstić information content (AvgIpc) is 2.39. The Bertz CT molecular complexity index is 599. The van der Waals surface area contributed by atoms with Gasteiger partial charge in [0.05, 0.1) is 29.3 Å². The Kier molecular flexibility index (Phi) is 4.45. The quantitative estimate of drug-likeness (QED) is 0.881. The zero-order chi connectivity index (χ0) is 13.8. The molecule has 0 saturated carbocycles. The van der Waals surface area contributed by atoms with Gasteiger partial charge >= 0.3 is 0 Å². The van der Waals surface area contributed by atoms with E-state index in [1.54, 1.807) is 43.5 Å². The maximum atomic E-state index is 12.2. The fourth-order valence-electron chi connectivity index (χ4n) is 1.69. The first-order chi connectivity index (χ1) is 9.10. The zero-order valence-corrected chi connectivity index (χ0v) is 12.0. The predicted molar refractivity (Wildman–Crippen MR) is 79.0 cm³/mol. The van der Waals surface area contributed by atoms with Crippen LogP contribution in [0.5, 0.6) is 5.75 Å². The molecular weight excluding hydrogens is 282 g/mol. The molecule has 1 unspecified atom stereocenters. The van der Waals surface area contributed by atoms with Crippen LogP contribution in [0.3, 0.4) is 0 Å². The Hall–Kier alpha value is -1.52. The van der Waals surface area contributed by atoms with Crippen molar-refractivity contribution in [2.75, 3.05) is 12.8 Å². The number of hydrogen-bond acceptors (Lipinski definition) is 3. The summed E-state index contributed by atoms with van der Waals surface area (Å²) in [5, 5.41) is 0.634. The summed E-state index contributed by atoms with van der Waals surface area (Å²) >= 11 is 5.80. The highest BCUT2D eigenvalue weighted by molar-refractivity contribution is 7.84. The lowest BCUT2D eigenvalue weighted by atomic mass is 10.2. The van der Waals surface area contributed by atoms with Crippen LogP contribution < -0.4 is 10.5 Å². The van der Waals surface area contributed by atoms with Gasteiger partial charge in [-0.1, -0.05) is 17.7 Å². The lowest BCUT2D eigenvalue weighted by molar-refractivity contribution is 0.417. The van der Waals surface area contributed by atoms with E-state index in [9.17, 15) is 4.21 Å². The van der Waals surface area contributed by atoms with E-state index in [1.807, 2.05) is 6.07 Å². The van der Waals surface area contributed by atoms with Gasteiger partial charge in [0, 0.05) is 9.92 Å². The summed E-state index contributed by atoms with van der Waals surface area (Å²) in [5.41, 5.74) is 7.28. The molecule has 0 fully saturated rings. The van der Waals surface area contributed by atoms with Gasteiger partial charge in [-0.05, 0) is 42.0 Å². The lowest BCUT2D eigenvalue weighted by Crippen LogP contribution is -1.99. The van der Waals surface area contributed by atoms with Gasteiger partial charge < -0.3 is 10.5 Å². The molecule has 5 heteroatoms. The molecule has 1 atom stereocenters. The van der Waals surface area contributed by atoms with Crippen LogP contribution in [0.1, 0.15) is 5.56 Å². The minimum absolute atomic E-state index is 0.413. The number of rotatable bonds is 4. The van der Waals surface area contributed by atoms with E-state index in [0.717, 1.165) is 10.5 Å². The topological polar surface area (TPSA) is 52.3 Å². The number of benzene rings is 2. The number of nitrogen functional groups attached to an aromatic ring is 1. The van der Waals surface area contributed by atoms with E-state index in [-0.39, 0.29) is 0 Å². The Morgan fingerprint density at radius 3 is 2.47 bits per heavy atom. The predicted octanol–water partition coefficient (Wildman–Crippen LogP) is 3.24. The summed E-state index contributed by atoms with van der Waals surface area (Å²) < 4.78 is 17.3. The molecule has 0 aromatic heterocycles. The van der Waals surface area contributed by atoms with Crippen LogP contribution in [0.25, 0.3) is 0 Å². The largest absolute Gasteiger partial charge is 0.495 e. The van der Waals surface area contributed by atoms with Gasteiger partial charge in [-0.25, -0.2) is 0 Å². The molecule has 0 radical (unpaired) electrons. The Morgan fingerprint density at radius 1 is 1.21 bits per heavy atom. The molecule has 0 saturated heterocycles. The summed E-state index contributed by atoms with van der Waals surface area (Å²) in [6.45, 7) is 0. The minimum atomic E-state index is -1.11. The standard InChI is InChI=1S/C14H14ClNO2S/c1-18-14-7-2-10(8-13(14)16)9-19(17)12-5-3-11(15)4-6-12/h2-8H,9,16H2,1H3. The van der Waals surface area contributed by atoms with Crippen LogP contribution in [0, 0.1) is 0 Å². The molecule has 2 aromatic rings. The normalized spacial score (nSPS) is 12.1. The number of nitrogens with two attached hydrogens (primary N) is 1. The molecule has 0 aliphatic carbocycles. The maximum Gasteiger partial charge on any atom is 0.141 e. The zero-order valence-electron chi connectivity index (χ0n) is 10.4. The molecule has 0 bridgehead atoms. The Morgan fingerprint density at radius 2 is 1.89 bits per heavy atom. The molecule has 0 spiro atoms. The van der Waals surface area contributed by atoms with Crippen molar-refractivity contribution < 1.29 is 8.95 Å². The summed E-state index contributed by atoms with van der Waals surface area (Å²) in [5.74, 6) is 1.04. The molecule has 2 aromatic carbocycles. The van der Waals surface area contributed by atoms with Gasteiger partial charge in [0.25, 0.3) is 0 Å². The molecule has 100 valence electrons. The van der Waals surface area contributed by atoms with Gasteiger partial charge in [0.1, 0.15) is 5.75 Å². The third-order valence-electron chi connectivity index (χ3n) is 2.67. The third-order valence-corrected chi connectivity index (χ3v) is 4.31. The van der Waals surface area contributed by atoms with Crippen molar-refractivity contribution in [3.8, 4) is 5.75 Å². The smallest absolute Gasteiger partial charge is 0.141 e. The number of methoxy groups -OCH3 is 1. The minimum Gasteiger partial charge on any atom is -0.495 e. The van der Waals surface area contributed by atoms with Gasteiger partial charge in [-0.15, -0.1) is 0 Å². The third kappa shape index (κ3) is 3.49. The Labute approximate surface area is 119 Å². The van der Waals surface area contributed by atoms with Crippen molar-refractivity contribution in [2.45, 2.75) is 10.6 Å². The molecule has 0 amide bonds. The van der Waals surface area contributed by atoms with Crippen molar-refractivity contribution in [3.63, 3.8) is 0 Å². The summed E-state index contributed by atoms with van der Waals surface area (Å²) in [4.78, 5) is 0.749. The SMILES string of the molecule is COc1ccc(CS(=O)c2ccc(Cl)cc2)cc1N. The van der Waals surface area contributed by atoms with E-state index in [0.29, 0.717) is 22.2 Å². The fourth-order valence-corrected chi connectivity index (χ4v) is 2.91. The van der Waals surface area contributed by atoms with Gasteiger partial charge in [0.2, 0.25) is 0 Å². The highest BCUT2D eigenvalue weighted by Crippen LogP contribution is 2.23. The van der Waals surface area contributed by atoms with Gasteiger partial charge in [0.15, 0.2) is 0 Å². The second kappa shape index (κ2) is 6.08. The first-order valence-electron chi connectivity index (χ1n) is 5.66. The first kappa shape index (κ1) is 13.9. The van der Waals surface area contributed by atoms with Crippen LogP contribution in [-0.2, 0) is 16.6 Å². The van der Waals surface area contributed by atoms with E-state index in [4.69, 9.17) is 22.1 Å². The second-order valence-corrected chi connectivity index (χ2v) is 5.91. The molecule has 19 heavy (non-hydrogen) atoms. The summed E-state index contributed by atoms with van der Waals surface area (Å²) in [6.07, 6.45) is 0. The summed E-state index contributed by atoms with van der Waals surface area (Å²) in [6, 6.07) is 12.4. The van der Waals surface area contributed by atoms with E-state index in [1.165, 1.54) is 0 Å².